The summed E-state index contributed by atoms with van der Waals surface area (Å²) in [5.74, 6) is -1.32. The summed E-state index contributed by atoms with van der Waals surface area (Å²) in [6, 6.07) is 10.4. The van der Waals surface area contributed by atoms with Crippen LogP contribution in [0.15, 0.2) is 53.4 Å². The van der Waals surface area contributed by atoms with Crippen LogP contribution in [0.3, 0.4) is 0 Å². The number of aromatic nitrogens is 2. The minimum absolute atomic E-state index is 0.0386. The van der Waals surface area contributed by atoms with Crippen molar-refractivity contribution < 1.29 is 22.5 Å². The van der Waals surface area contributed by atoms with Gasteiger partial charge < -0.3 is 5.32 Å². The number of nitrogens with one attached hydrogen (secondary N) is 1. The molecule has 0 bridgehead atoms. The number of nitrogens with zero attached hydrogens (tertiary/aromatic N) is 4. The number of benzene rings is 2. The van der Waals surface area contributed by atoms with Gasteiger partial charge in [0.25, 0.3) is 11.6 Å². The van der Waals surface area contributed by atoms with Crippen molar-refractivity contribution in [3.8, 4) is 5.69 Å². The standard InChI is InChI=1S/C21H20FN5O5S/c1-14-12-20(26(24-14)16-5-7-17(8-6-16)27(29)30)23-21(28)15-4-9-18(22)19(13-15)33(31,32)25-10-2-3-11-25/h4-9,12-13H,2-3,10-11H2,1H3,(H,23,28). The fourth-order valence-corrected chi connectivity index (χ4v) is 5.21. The van der Waals surface area contributed by atoms with Gasteiger partial charge in [-0.05, 0) is 50.1 Å². The molecule has 1 aliphatic heterocycles. The van der Waals surface area contributed by atoms with Gasteiger partial charge in [-0.3, -0.25) is 14.9 Å². The van der Waals surface area contributed by atoms with E-state index in [9.17, 15) is 27.7 Å². The highest BCUT2D eigenvalue weighted by atomic mass is 32.2. The second-order valence-corrected chi connectivity index (χ2v) is 9.47. The summed E-state index contributed by atoms with van der Waals surface area (Å²) in [5, 5.41) is 17.8. The lowest BCUT2D eigenvalue weighted by Gasteiger charge is -2.16. The Bertz CT molecular complexity index is 1330. The van der Waals surface area contributed by atoms with Crippen molar-refractivity contribution in [3.05, 3.63) is 75.7 Å². The van der Waals surface area contributed by atoms with Gasteiger partial charge in [0.15, 0.2) is 0 Å². The maximum Gasteiger partial charge on any atom is 0.269 e. The summed E-state index contributed by atoms with van der Waals surface area (Å²) in [5.41, 5.74) is 0.912. The largest absolute Gasteiger partial charge is 0.306 e. The number of sulfonamides is 1. The van der Waals surface area contributed by atoms with E-state index in [-0.39, 0.29) is 17.1 Å². The van der Waals surface area contributed by atoms with Crippen molar-refractivity contribution in [2.75, 3.05) is 18.4 Å². The van der Waals surface area contributed by atoms with Gasteiger partial charge >= 0.3 is 0 Å². The number of nitro groups is 1. The summed E-state index contributed by atoms with van der Waals surface area (Å²) in [4.78, 5) is 22.7. The van der Waals surface area contributed by atoms with Crippen LogP contribution in [0.1, 0.15) is 28.9 Å². The zero-order valence-corrected chi connectivity index (χ0v) is 18.4. The first-order valence-electron chi connectivity index (χ1n) is 10.1. The third-order valence-electron chi connectivity index (χ3n) is 5.25. The van der Waals surface area contributed by atoms with Gasteiger partial charge in [-0.15, -0.1) is 0 Å². The molecule has 3 aromatic rings. The average molecular weight is 473 g/mol. The molecular formula is C21H20FN5O5S. The van der Waals surface area contributed by atoms with E-state index in [1.54, 1.807) is 13.0 Å². The quantitative estimate of drug-likeness (QED) is 0.432. The zero-order valence-electron chi connectivity index (χ0n) is 17.6. The Hall–Kier alpha value is -3.64. The molecule has 4 rings (SSSR count). The first kappa shape index (κ1) is 22.6. The number of aryl methyl sites for hydroxylation is 1. The van der Waals surface area contributed by atoms with E-state index in [0.717, 1.165) is 12.1 Å². The fraction of sp³-hybridized carbons (Fsp3) is 0.238. The second-order valence-electron chi connectivity index (χ2n) is 7.57. The number of hydrogen-bond donors (Lipinski definition) is 1. The average Bonchev–Trinajstić information content (AvgIpc) is 3.44. The van der Waals surface area contributed by atoms with Crippen molar-refractivity contribution in [2.24, 2.45) is 0 Å². The van der Waals surface area contributed by atoms with Crippen LogP contribution >= 0.6 is 0 Å². The van der Waals surface area contributed by atoms with Crippen molar-refractivity contribution >= 4 is 27.4 Å². The molecule has 1 saturated heterocycles. The van der Waals surface area contributed by atoms with Crippen LogP contribution < -0.4 is 5.32 Å². The maximum absolute atomic E-state index is 14.4. The van der Waals surface area contributed by atoms with Crippen molar-refractivity contribution in [3.63, 3.8) is 0 Å². The summed E-state index contributed by atoms with van der Waals surface area (Å²) < 4.78 is 42.6. The Morgan fingerprint density at radius 3 is 2.42 bits per heavy atom. The minimum atomic E-state index is -4.05. The third kappa shape index (κ3) is 4.47. The maximum atomic E-state index is 14.4. The Morgan fingerprint density at radius 1 is 1.12 bits per heavy atom. The zero-order chi connectivity index (χ0) is 23.8. The molecule has 2 aromatic carbocycles. The summed E-state index contributed by atoms with van der Waals surface area (Å²) in [6.07, 6.45) is 1.40. The predicted molar refractivity (Wildman–Crippen MR) is 117 cm³/mol. The molecule has 0 spiro atoms. The summed E-state index contributed by atoms with van der Waals surface area (Å²) in [6.45, 7) is 2.33. The highest BCUT2D eigenvalue weighted by Gasteiger charge is 2.30. The van der Waals surface area contributed by atoms with Gasteiger partial charge in [-0.2, -0.15) is 9.40 Å². The van der Waals surface area contributed by atoms with E-state index >= 15 is 0 Å². The van der Waals surface area contributed by atoms with Gasteiger partial charge in [0, 0.05) is 36.9 Å². The second kappa shape index (κ2) is 8.71. The van der Waals surface area contributed by atoms with E-state index in [0.29, 0.717) is 37.3 Å². The molecule has 1 aliphatic rings. The summed E-state index contributed by atoms with van der Waals surface area (Å²) >= 11 is 0. The minimum Gasteiger partial charge on any atom is -0.306 e. The smallest absolute Gasteiger partial charge is 0.269 e. The Kier molecular flexibility index (Phi) is 5.95. The monoisotopic (exact) mass is 473 g/mol. The SMILES string of the molecule is Cc1cc(NC(=O)c2ccc(F)c(S(=O)(=O)N3CCCC3)c2)n(-c2ccc([N+](=O)[O-])cc2)n1. The lowest BCUT2D eigenvalue weighted by atomic mass is 10.2. The van der Waals surface area contributed by atoms with E-state index in [4.69, 9.17) is 0 Å². The van der Waals surface area contributed by atoms with Gasteiger partial charge in [0.2, 0.25) is 10.0 Å². The number of halogens is 1. The third-order valence-corrected chi connectivity index (χ3v) is 7.17. The van der Waals surface area contributed by atoms with Crippen LogP contribution in [0.5, 0.6) is 0 Å². The molecule has 12 heteroatoms. The number of anilines is 1. The number of nitro benzene ring substituents is 1. The highest BCUT2D eigenvalue weighted by Crippen LogP contribution is 2.25. The molecule has 1 fully saturated rings. The number of carbonyl (C=O) groups is 1. The molecule has 1 aromatic heterocycles. The van der Waals surface area contributed by atoms with Crippen LogP contribution in [0.25, 0.3) is 5.69 Å². The molecule has 0 atom stereocenters. The molecule has 0 unspecified atom stereocenters. The van der Waals surface area contributed by atoms with E-state index in [1.807, 2.05) is 0 Å². The number of carbonyl (C=O) groups excluding carboxylic acids is 1. The van der Waals surface area contributed by atoms with Crippen molar-refractivity contribution in [1.29, 1.82) is 0 Å². The first-order valence-corrected chi connectivity index (χ1v) is 11.5. The molecule has 1 amide bonds. The lowest BCUT2D eigenvalue weighted by molar-refractivity contribution is -0.384. The van der Waals surface area contributed by atoms with Gasteiger partial charge in [0.05, 0.1) is 16.3 Å². The molecule has 0 aliphatic carbocycles. The Balaban J connectivity index is 1.63. The van der Waals surface area contributed by atoms with Crippen LogP contribution in [-0.2, 0) is 10.0 Å². The normalized spacial score (nSPS) is 14.4. The van der Waals surface area contributed by atoms with Gasteiger partial charge in [-0.1, -0.05) is 0 Å². The Morgan fingerprint density at radius 2 is 1.79 bits per heavy atom. The van der Waals surface area contributed by atoms with Gasteiger partial charge in [-0.25, -0.2) is 17.5 Å². The lowest BCUT2D eigenvalue weighted by Crippen LogP contribution is -2.29. The van der Waals surface area contributed by atoms with Crippen LogP contribution in [0.2, 0.25) is 0 Å². The molecule has 172 valence electrons. The number of amides is 1. The number of non-ortho nitro benzene ring substituents is 1. The predicted octanol–water partition coefficient (Wildman–Crippen LogP) is 3.26. The highest BCUT2D eigenvalue weighted by molar-refractivity contribution is 7.89. The van der Waals surface area contributed by atoms with Crippen LogP contribution in [0.4, 0.5) is 15.9 Å². The first-order chi connectivity index (χ1) is 15.7. The van der Waals surface area contributed by atoms with Crippen LogP contribution in [-0.4, -0.2) is 46.4 Å². The van der Waals surface area contributed by atoms with Gasteiger partial charge in [0.1, 0.15) is 16.5 Å². The summed E-state index contributed by atoms with van der Waals surface area (Å²) in [7, 11) is -4.05. The van der Waals surface area contributed by atoms with Crippen LogP contribution in [0, 0.1) is 22.9 Å². The molecular weight excluding hydrogens is 453 g/mol. The topological polar surface area (TPSA) is 127 Å². The number of hydrogen-bond acceptors (Lipinski definition) is 6. The molecule has 0 saturated carbocycles. The van der Waals surface area contributed by atoms with E-state index < -0.39 is 31.6 Å². The molecule has 0 radical (unpaired) electrons. The Labute approximate surface area is 188 Å². The number of rotatable bonds is 6. The fourth-order valence-electron chi connectivity index (χ4n) is 3.60. The van der Waals surface area contributed by atoms with Crippen molar-refractivity contribution in [2.45, 2.75) is 24.7 Å². The van der Waals surface area contributed by atoms with Crippen molar-refractivity contribution in [1.82, 2.24) is 14.1 Å². The molecule has 1 N–H and O–H groups in total. The molecule has 10 nitrogen and oxygen atoms in total. The van der Waals surface area contributed by atoms with E-state index in [2.05, 4.69) is 10.4 Å². The van der Waals surface area contributed by atoms with E-state index in [1.165, 1.54) is 39.3 Å². The molecule has 33 heavy (non-hydrogen) atoms. The molecule has 2 heterocycles.